The average molecular weight is 1810 g/mol. The summed E-state index contributed by atoms with van der Waals surface area (Å²) in [6.45, 7) is 4.63. The molecule has 0 heterocycles. The molecule has 12 rings (SSSR count). The van der Waals surface area contributed by atoms with Gasteiger partial charge in [-0.2, -0.15) is 0 Å². The quantitative estimate of drug-likeness (QED) is 0.0533. The average Bonchev–Trinajstić information content (AvgIpc) is 1.12. The minimum absolute atomic E-state index is 1.37. The molecule has 0 radical (unpaired) electrons. The van der Waals surface area contributed by atoms with Crippen molar-refractivity contribution in [2.75, 3.05) is 0 Å². The van der Waals surface area contributed by atoms with E-state index in [-0.39, 0.29) is 0 Å². The minimum atomic E-state index is 1.37. The molecule has 12 saturated carbocycles. The van der Waals surface area contributed by atoms with E-state index in [1.165, 1.54) is 815 Å². The van der Waals surface area contributed by atoms with Crippen molar-refractivity contribution >= 4 is 0 Å². The maximum absolute atomic E-state index is 2.31. The zero-order chi connectivity index (χ0) is 91.8. The molecular formula is C129H260. The SMILES string of the molecule is C1CCC1.C1CCC1.C1CCC1.C1CCC1.C1CCC1.C1CCC1.C1CCC1.C1CCC1.C1CCC1.C1CCCCC1.C1CCCCCCC1.C1CCCCCCCCCCCCCCCCCCC1.CCCCCCCCCCCCCCCCCCCCCCCCCCCCCCCCCCCCCCCCCCCCCCCCCCCCCCCCCCC. The van der Waals surface area contributed by atoms with E-state index in [1.807, 2.05) is 0 Å². The Hall–Kier alpha value is 0. The molecule has 0 saturated heterocycles. The third-order valence-corrected chi connectivity index (χ3v) is 31.7. The fourth-order valence-corrected chi connectivity index (χ4v) is 18.1. The van der Waals surface area contributed by atoms with Crippen LogP contribution in [0.25, 0.3) is 0 Å². The van der Waals surface area contributed by atoms with E-state index in [9.17, 15) is 0 Å². The fraction of sp³-hybridized carbons (Fsp3) is 1.00. The van der Waals surface area contributed by atoms with Crippen LogP contribution in [0.1, 0.15) is 829 Å². The van der Waals surface area contributed by atoms with Crippen LogP contribution in [0.5, 0.6) is 0 Å². The van der Waals surface area contributed by atoms with Crippen LogP contribution in [-0.2, 0) is 0 Å². The van der Waals surface area contributed by atoms with Crippen LogP contribution >= 0.6 is 0 Å². The van der Waals surface area contributed by atoms with Crippen molar-refractivity contribution in [3.05, 3.63) is 0 Å². The van der Waals surface area contributed by atoms with Gasteiger partial charge in [0.1, 0.15) is 0 Å². The van der Waals surface area contributed by atoms with E-state index in [2.05, 4.69) is 13.8 Å². The van der Waals surface area contributed by atoms with Crippen molar-refractivity contribution in [2.45, 2.75) is 829 Å². The second kappa shape index (κ2) is 128. The van der Waals surface area contributed by atoms with Gasteiger partial charge in [0.15, 0.2) is 0 Å². The lowest BCUT2D eigenvalue weighted by molar-refractivity contribution is 0.504. The molecule has 0 spiro atoms. The number of hydrogen-bond donors (Lipinski definition) is 0. The molecular weight excluding hydrogens is 1550 g/mol. The molecule has 0 bridgehead atoms. The lowest BCUT2D eigenvalue weighted by Gasteiger charge is -2.05. The molecule has 12 aliphatic rings. The van der Waals surface area contributed by atoms with Crippen molar-refractivity contribution < 1.29 is 0 Å². The third-order valence-electron chi connectivity index (χ3n) is 31.7. The first-order chi connectivity index (χ1) is 64.4. The summed E-state index contributed by atoms with van der Waals surface area (Å²) in [6.07, 6.45) is 190. The molecule has 0 heteroatoms. The van der Waals surface area contributed by atoms with Crippen LogP contribution in [0.2, 0.25) is 0 Å². The minimum Gasteiger partial charge on any atom is -0.0654 e. The van der Waals surface area contributed by atoms with Crippen molar-refractivity contribution in [1.82, 2.24) is 0 Å². The van der Waals surface area contributed by atoms with Gasteiger partial charge in [-0.3, -0.25) is 0 Å². The van der Waals surface area contributed by atoms with Gasteiger partial charge in [0, 0.05) is 0 Å². The van der Waals surface area contributed by atoms with Crippen LogP contribution in [0, 0.1) is 0 Å². The maximum Gasteiger partial charge on any atom is -0.0533 e. The number of hydrogen-bond acceptors (Lipinski definition) is 0. The Bertz CT molecular complexity index is 1410. The first-order valence-corrected chi connectivity index (χ1v) is 64.4. The Morgan fingerprint density at radius 1 is 0.0543 bits per heavy atom. The van der Waals surface area contributed by atoms with E-state index in [1.54, 1.807) is 0 Å². The number of rotatable bonds is 56. The van der Waals surface area contributed by atoms with Gasteiger partial charge in [0.2, 0.25) is 0 Å². The van der Waals surface area contributed by atoms with Crippen molar-refractivity contribution in [3.63, 3.8) is 0 Å². The van der Waals surface area contributed by atoms with Gasteiger partial charge in [0.05, 0.1) is 0 Å². The Balaban J connectivity index is 0.00000181. The molecule has 12 fully saturated rings. The molecule has 0 unspecified atom stereocenters. The van der Waals surface area contributed by atoms with Gasteiger partial charge < -0.3 is 0 Å². The first-order valence-electron chi connectivity index (χ1n) is 64.4. The topological polar surface area (TPSA) is 0 Å². The summed E-state index contributed by atoms with van der Waals surface area (Å²) < 4.78 is 0. The van der Waals surface area contributed by atoms with Gasteiger partial charge in [0.25, 0.3) is 0 Å². The summed E-state index contributed by atoms with van der Waals surface area (Å²) in [5.41, 5.74) is 0. The lowest BCUT2D eigenvalue weighted by Crippen LogP contribution is -1.85. The summed E-state index contributed by atoms with van der Waals surface area (Å²) in [7, 11) is 0. The summed E-state index contributed by atoms with van der Waals surface area (Å²) >= 11 is 0. The lowest BCUT2D eigenvalue weighted by atomic mass is 10.0. The van der Waals surface area contributed by atoms with Crippen LogP contribution in [0.15, 0.2) is 0 Å². The second-order valence-electron chi connectivity index (χ2n) is 45.2. The Labute approximate surface area is 823 Å². The summed E-state index contributed by atoms with van der Waals surface area (Å²) in [5.74, 6) is 0. The zero-order valence-corrected chi connectivity index (χ0v) is 91.8. The molecule has 0 aromatic heterocycles. The van der Waals surface area contributed by atoms with Gasteiger partial charge in [-0.15, -0.1) is 0 Å². The van der Waals surface area contributed by atoms with Gasteiger partial charge in [-0.25, -0.2) is 0 Å². The summed E-state index contributed by atoms with van der Waals surface area (Å²) in [5, 5.41) is 0. The fourth-order valence-electron chi connectivity index (χ4n) is 18.1. The third kappa shape index (κ3) is 128. The predicted molar refractivity (Wildman–Crippen MR) is 598 cm³/mol. The molecule has 0 amide bonds. The van der Waals surface area contributed by atoms with E-state index in [0.717, 1.165) is 0 Å². The molecule has 776 valence electrons. The Morgan fingerprint density at radius 2 is 0.0853 bits per heavy atom. The summed E-state index contributed by atoms with van der Waals surface area (Å²) in [4.78, 5) is 0. The van der Waals surface area contributed by atoms with Gasteiger partial charge >= 0.3 is 0 Å². The number of unbranched alkanes of at least 4 members (excludes halogenated alkanes) is 56. The highest BCUT2D eigenvalue weighted by Crippen LogP contribution is 2.27. The molecule has 0 atom stereocenters. The molecule has 0 aromatic rings. The van der Waals surface area contributed by atoms with Gasteiger partial charge in [-0.1, -0.05) is 829 Å². The van der Waals surface area contributed by atoms with Gasteiger partial charge in [-0.05, 0) is 0 Å². The molecule has 0 nitrogen and oxygen atoms in total. The van der Waals surface area contributed by atoms with Crippen LogP contribution < -0.4 is 0 Å². The van der Waals surface area contributed by atoms with E-state index in [0.29, 0.717) is 0 Å². The van der Waals surface area contributed by atoms with Crippen LogP contribution in [0.4, 0.5) is 0 Å². The Morgan fingerprint density at radius 3 is 0.116 bits per heavy atom. The molecule has 0 N–H and O–H groups in total. The second-order valence-corrected chi connectivity index (χ2v) is 45.2. The monoisotopic (exact) mass is 1810 g/mol. The zero-order valence-electron chi connectivity index (χ0n) is 91.8. The van der Waals surface area contributed by atoms with E-state index >= 15 is 0 Å². The largest absolute Gasteiger partial charge is 0.0654 e. The van der Waals surface area contributed by atoms with Crippen molar-refractivity contribution in [3.8, 4) is 0 Å². The molecule has 0 aliphatic heterocycles. The normalized spacial score (nSPS) is 18.4. The van der Waals surface area contributed by atoms with E-state index in [4.69, 9.17) is 0 Å². The highest BCUT2D eigenvalue weighted by molar-refractivity contribution is 4.62. The highest BCUT2D eigenvalue weighted by Gasteiger charge is 2.07. The standard InChI is InChI=1S/C59H120.C20H40.C8H16.C6H12.9C4H8/c1-3-5-7-9-11-13-15-17-19-21-23-25-27-29-31-33-35-37-39-41-43-45-47-49-51-53-55-57-59-58-56-54-52-50-48-46-44-42-40-38-36-34-32-30-28-26-24-22-20-18-16-14-12-10-8-6-4-2;1-2-4-6-8-10-12-14-16-18-20-19-17-15-13-11-9-7-5-3-1;1-2-4-6-8-7-5-3-1;1-2-4-6-5-3-1;9*1-2-4-3-1/h3-59H2,1-2H3;1-20H2;1-8H2;1-6H2;9*1-4H2. The van der Waals surface area contributed by atoms with Crippen molar-refractivity contribution in [1.29, 1.82) is 0 Å². The predicted octanol–water partition coefficient (Wildman–Crippen LogP) is 50.6. The highest BCUT2D eigenvalue weighted by atomic mass is 14.1. The van der Waals surface area contributed by atoms with E-state index < -0.39 is 0 Å². The smallest absolute Gasteiger partial charge is 0.0533 e. The first kappa shape index (κ1) is 129. The Kier molecular flexibility index (Phi) is 128. The summed E-state index contributed by atoms with van der Waals surface area (Å²) in [6, 6.07) is 0. The maximum atomic E-state index is 2.31. The van der Waals surface area contributed by atoms with Crippen LogP contribution in [0.3, 0.4) is 0 Å². The molecule has 12 aliphatic carbocycles. The van der Waals surface area contributed by atoms with Crippen LogP contribution in [-0.4, -0.2) is 0 Å². The van der Waals surface area contributed by atoms with Crippen molar-refractivity contribution in [2.24, 2.45) is 0 Å². The molecule has 129 heavy (non-hydrogen) atoms. The molecule has 0 aromatic carbocycles.